The first-order valence-corrected chi connectivity index (χ1v) is 5.30. The fraction of sp³-hybridized carbons (Fsp3) is 0.0769. The number of rotatable bonds is 3. The van der Waals surface area contributed by atoms with Crippen LogP contribution in [0.5, 0.6) is 0 Å². The number of amidine groups is 1. The lowest BCUT2D eigenvalue weighted by Crippen LogP contribution is -3.00. The molecule has 1 aromatic heterocycles. The summed E-state index contributed by atoms with van der Waals surface area (Å²) in [5.74, 6) is 0.122. The molecule has 0 bridgehead atoms. The second-order valence-electron chi connectivity index (χ2n) is 3.73. The second kappa shape index (κ2) is 6.76. The molecule has 94 valence electrons. The minimum absolute atomic E-state index is 0. The zero-order chi connectivity index (χ0) is 12.1. The van der Waals surface area contributed by atoms with Crippen molar-refractivity contribution in [3.8, 4) is 0 Å². The van der Waals surface area contributed by atoms with Gasteiger partial charge in [-0.3, -0.25) is 0 Å². The summed E-state index contributed by atoms with van der Waals surface area (Å²) in [7, 11) is 0. The van der Waals surface area contributed by atoms with Crippen LogP contribution in [0.2, 0.25) is 0 Å². The van der Waals surface area contributed by atoms with Crippen LogP contribution in [-0.2, 0) is 6.54 Å². The minimum Gasteiger partial charge on any atom is -1.00 e. The number of hydrogen-bond donors (Lipinski definition) is 2. The highest BCUT2D eigenvalue weighted by Gasteiger charge is 2.04. The maximum absolute atomic E-state index is 8.55. The van der Waals surface area contributed by atoms with Gasteiger partial charge in [-0.15, -0.1) is 0 Å². The number of hydrogen-bond acceptors (Lipinski definition) is 2. The first-order chi connectivity index (χ1) is 8.29. The maximum atomic E-state index is 8.55. The van der Waals surface area contributed by atoms with Crippen molar-refractivity contribution < 1.29 is 26.8 Å². The zero-order valence-electron chi connectivity index (χ0n) is 9.70. The summed E-state index contributed by atoms with van der Waals surface area (Å²) in [6, 6.07) is 13.8. The van der Waals surface area contributed by atoms with Crippen molar-refractivity contribution in [1.82, 2.24) is 0 Å². The van der Waals surface area contributed by atoms with Crippen molar-refractivity contribution in [1.29, 1.82) is 0 Å². The van der Waals surface area contributed by atoms with E-state index in [0.29, 0.717) is 5.56 Å². The van der Waals surface area contributed by atoms with Gasteiger partial charge in [0, 0.05) is 23.3 Å². The molecule has 0 spiro atoms. The largest absolute Gasteiger partial charge is 1.00 e. The molecule has 1 aromatic carbocycles. The fourth-order valence-electron chi connectivity index (χ4n) is 1.59. The highest BCUT2D eigenvalue weighted by Crippen LogP contribution is 1.99. The minimum atomic E-state index is 0. The van der Waals surface area contributed by atoms with Gasteiger partial charge in [0.15, 0.2) is 24.8 Å². The molecular weight excluding hydrogens is 294 g/mol. The van der Waals surface area contributed by atoms with Crippen LogP contribution >= 0.6 is 0 Å². The monoisotopic (exact) mass is 307 g/mol. The molecule has 5 heteroatoms. The van der Waals surface area contributed by atoms with E-state index < -0.39 is 0 Å². The Balaban J connectivity index is 0.00000162. The van der Waals surface area contributed by atoms with Gasteiger partial charge in [0.25, 0.3) is 0 Å². The van der Waals surface area contributed by atoms with Gasteiger partial charge in [0.1, 0.15) is 0 Å². The molecule has 1 heterocycles. The van der Waals surface area contributed by atoms with E-state index >= 15 is 0 Å². The molecule has 0 fully saturated rings. The molecule has 0 amide bonds. The van der Waals surface area contributed by atoms with Crippen LogP contribution < -0.4 is 27.3 Å². The standard InChI is InChI=1S/C13H13N3O.BrH/c14-13(15-17)12-6-8-16(9-7-12)10-11-4-2-1-3-5-11;/h1-9H,10,14H2;1H. The summed E-state index contributed by atoms with van der Waals surface area (Å²) in [5, 5.41) is 11.5. The predicted octanol–water partition coefficient (Wildman–Crippen LogP) is -1.88. The molecule has 0 aliphatic carbocycles. The van der Waals surface area contributed by atoms with E-state index in [1.54, 1.807) is 0 Å². The van der Waals surface area contributed by atoms with E-state index in [1.807, 2.05) is 47.3 Å². The number of oxime groups is 1. The molecule has 0 aliphatic rings. The van der Waals surface area contributed by atoms with E-state index in [1.165, 1.54) is 5.56 Å². The van der Waals surface area contributed by atoms with E-state index in [4.69, 9.17) is 10.9 Å². The van der Waals surface area contributed by atoms with Crippen molar-refractivity contribution in [2.75, 3.05) is 0 Å². The first-order valence-electron chi connectivity index (χ1n) is 5.30. The molecule has 2 aromatic rings. The van der Waals surface area contributed by atoms with Crippen molar-refractivity contribution in [2.24, 2.45) is 10.9 Å². The Labute approximate surface area is 116 Å². The molecule has 18 heavy (non-hydrogen) atoms. The average molecular weight is 308 g/mol. The van der Waals surface area contributed by atoms with Crippen LogP contribution in [0.1, 0.15) is 11.1 Å². The SMILES string of the molecule is N/C(=N/O)c1cc[n+](Cc2ccccc2)cc1.[Br-]. The number of pyridine rings is 1. The second-order valence-corrected chi connectivity index (χ2v) is 3.73. The number of benzene rings is 1. The number of halogens is 1. The van der Waals surface area contributed by atoms with Crippen LogP contribution in [0, 0.1) is 0 Å². The Kier molecular flexibility index (Phi) is 5.32. The van der Waals surface area contributed by atoms with Crippen LogP contribution in [0.15, 0.2) is 60.0 Å². The fourth-order valence-corrected chi connectivity index (χ4v) is 1.59. The van der Waals surface area contributed by atoms with Crippen molar-refractivity contribution in [2.45, 2.75) is 6.54 Å². The number of nitrogens with zero attached hydrogens (tertiary/aromatic N) is 2. The Morgan fingerprint density at radius 1 is 1.11 bits per heavy atom. The Morgan fingerprint density at radius 2 is 1.72 bits per heavy atom. The molecule has 2 rings (SSSR count). The normalized spacial score (nSPS) is 10.8. The molecule has 0 aliphatic heterocycles. The Morgan fingerprint density at radius 3 is 2.28 bits per heavy atom. The van der Waals surface area contributed by atoms with Gasteiger partial charge >= 0.3 is 0 Å². The van der Waals surface area contributed by atoms with Crippen molar-refractivity contribution in [3.05, 3.63) is 66.0 Å². The van der Waals surface area contributed by atoms with E-state index in [-0.39, 0.29) is 22.8 Å². The number of aromatic nitrogens is 1. The van der Waals surface area contributed by atoms with Gasteiger partial charge in [-0.05, 0) is 0 Å². The lowest BCUT2D eigenvalue weighted by molar-refractivity contribution is -0.688. The number of nitrogens with two attached hydrogens (primary N) is 1. The molecular formula is C13H14BrN3O. The van der Waals surface area contributed by atoms with Gasteiger partial charge in [-0.25, -0.2) is 4.57 Å². The lowest BCUT2D eigenvalue weighted by Gasteiger charge is -1.99. The predicted molar refractivity (Wildman–Crippen MR) is 64.7 cm³/mol. The third-order valence-corrected chi connectivity index (χ3v) is 2.50. The topological polar surface area (TPSA) is 62.5 Å². The molecule has 4 nitrogen and oxygen atoms in total. The molecule has 0 unspecified atom stereocenters. The molecule has 3 N–H and O–H groups in total. The summed E-state index contributed by atoms with van der Waals surface area (Å²) >= 11 is 0. The Hall–Kier alpha value is -1.88. The quantitative estimate of drug-likeness (QED) is 0.229. The first kappa shape index (κ1) is 14.2. The Bertz CT molecular complexity index is 512. The third-order valence-electron chi connectivity index (χ3n) is 2.50. The highest BCUT2D eigenvalue weighted by molar-refractivity contribution is 5.96. The summed E-state index contributed by atoms with van der Waals surface area (Å²) in [4.78, 5) is 0. The lowest BCUT2D eigenvalue weighted by atomic mass is 10.2. The van der Waals surface area contributed by atoms with Gasteiger partial charge in [-0.1, -0.05) is 35.5 Å². The van der Waals surface area contributed by atoms with Crippen molar-refractivity contribution in [3.63, 3.8) is 0 Å². The van der Waals surface area contributed by atoms with Crippen LogP contribution in [0.4, 0.5) is 0 Å². The zero-order valence-corrected chi connectivity index (χ0v) is 11.3. The average Bonchev–Trinajstić information content (AvgIpc) is 2.40. The van der Waals surface area contributed by atoms with E-state index in [9.17, 15) is 0 Å². The van der Waals surface area contributed by atoms with Gasteiger partial charge in [0.2, 0.25) is 0 Å². The van der Waals surface area contributed by atoms with Gasteiger partial charge in [-0.2, -0.15) is 0 Å². The summed E-state index contributed by atoms with van der Waals surface area (Å²) in [6.45, 7) is 0.803. The van der Waals surface area contributed by atoms with Crippen molar-refractivity contribution >= 4 is 5.84 Å². The molecule has 0 saturated carbocycles. The van der Waals surface area contributed by atoms with Gasteiger partial charge < -0.3 is 27.9 Å². The smallest absolute Gasteiger partial charge is 0.173 e. The summed E-state index contributed by atoms with van der Waals surface area (Å²) in [6.07, 6.45) is 3.81. The van der Waals surface area contributed by atoms with Crippen LogP contribution in [-0.4, -0.2) is 11.0 Å². The maximum Gasteiger partial charge on any atom is 0.173 e. The summed E-state index contributed by atoms with van der Waals surface area (Å²) < 4.78 is 2.03. The third kappa shape index (κ3) is 3.56. The van der Waals surface area contributed by atoms with Gasteiger partial charge in [0.05, 0.1) is 0 Å². The van der Waals surface area contributed by atoms with E-state index in [0.717, 1.165) is 6.54 Å². The van der Waals surface area contributed by atoms with Crippen LogP contribution in [0.25, 0.3) is 0 Å². The highest BCUT2D eigenvalue weighted by atomic mass is 79.9. The van der Waals surface area contributed by atoms with Crippen LogP contribution in [0.3, 0.4) is 0 Å². The summed E-state index contributed by atoms with van der Waals surface area (Å²) in [5.41, 5.74) is 7.42. The molecule has 0 radical (unpaired) electrons. The molecule has 0 atom stereocenters. The molecule has 0 saturated heterocycles. The van der Waals surface area contributed by atoms with E-state index in [2.05, 4.69) is 17.3 Å².